The average molecular weight is 295 g/mol. The molecule has 0 unspecified atom stereocenters. The van der Waals surface area contributed by atoms with Crippen molar-refractivity contribution < 1.29 is 12.8 Å². The van der Waals surface area contributed by atoms with Crippen molar-refractivity contribution in [1.29, 1.82) is 0 Å². The normalized spacial score (nSPS) is 11.8. The predicted octanol–water partition coefficient (Wildman–Crippen LogP) is 1.23. The molecule has 0 spiro atoms. The predicted molar refractivity (Wildman–Crippen MR) is 74.3 cm³/mol. The van der Waals surface area contributed by atoms with Crippen molar-refractivity contribution in [3.05, 3.63) is 47.2 Å². The van der Waals surface area contributed by atoms with Crippen LogP contribution < -0.4 is 10.5 Å². The van der Waals surface area contributed by atoms with E-state index in [9.17, 15) is 8.42 Å². The Balaban J connectivity index is 2.22. The Labute approximate surface area is 118 Å². The molecule has 20 heavy (non-hydrogen) atoms. The molecule has 1 aromatic heterocycles. The van der Waals surface area contributed by atoms with Crippen LogP contribution in [0.15, 0.2) is 33.7 Å². The van der Waals surface area contributed by atoms with Crippen molar-refractivity contribution in [2.24, 2.45) is 5.73 Å². The van der Waals surface area contributed by atoms with E-state index in [1.807, 2.05) is 6.07 Å². The molecule has 0 atom stereocenters. The van der Waals surface area contributed by atoms with Gasteiger partial charge in [0.25, 0.3) is 0 Å². The fraction of sp³-hybridized carbons (Fsp3) is 0.308. The van der Waals surface area contributed by atoms with E-state index in [4.69, 9.17) is 10.2 Å². The third kappa shape index (κ3) is 3.06. The molecule has 0 aliphatic heterocycles. The molecule has 0 fully saturated rings. The lowest BCUT2D eigenvalue weighted by Gasteiger charge is -2.11. The van der Waals surface area contributed by atoms with Crippen LogP contribution in [0.3, 0.4) is 0 Å². The van der Waals surface area contributed by atoms with Crippen molar-refractivity contribution in [3.8, 4) is 0 Å². The molecule has 1 heterocycles. The van der Waals surface area contributed by atoms with Crippen molar-refractivity contribution in [2.75, 3.05) is 0 Å². The number of aromatic nitrogens is 1. The molecule has 0 saturated heterocycles. The van der Waals surface area contributed by atoms with Gasteiger partial charge in [0.1, 0.15) is 5.76 Å². The number of hydrogen-bond acceptors (Lipinski definition) is 5. The minimum absolute atomic E-state index is 0.0163. The number of benzene rings is 1. The summed E-state index contributed by atoms with van der Waals surface area (Å²) < 4.78 is 32.3. The van der Waals surface area contributed by atoms with E-state index in [2.05, 4.69) is 9.71 Å². The third-order valence-electron chi connectivity index (χ3n) is 2.99. The smallest absolute Gasteiger partial charge is 0.241 e. The molecule has 1 aromatic carbocycles. The molecule has 0 aliphatic carbocycles. The van der Waals surface area contributed by atoms with E-state index < -0.39 is 10.0 Å². The molecule has 0 amide bonds. The molecule has 0 radical (unpaired) electrons. The van der Waals surface area contributed by atoms with Gasteiger partial charge in [-0.2, -0.15) is 0 Å². The molecular formula is C13H17N3O3S. The Morgan fingerprint density at radius 3 is 2.70 bits per heavy atom. The van der Waals surface area contributed by atoms with Crippen LogP contribution in [0, 0.1) is 13.8 Å². The van der Waals surface area contributed by atoms with Crippen LogP contribution in [-0.4, -0.2) is 13.4 Å². The van der Waals surface area contributed by atoms with Crippen molar-refractivity contribution in [2.45, 2.75) is 31.8 Å². The van der Waals surface area contributed by atoms with E-state index in [0.717, 1.165) is 5.56 Å². The summed E-state index contributed by atoms with van der Waals surface area (Å²) in [6.07, 6.45) is 1.55. The minimum atomic E-state index is -3.62. The summed E-state index contributed by atoms with van der Waals surface area (Å²) in [5, 5.41) is 0. The van der Waals surface area contributed by atoms with E-state index >= 15 is 0 Å². The van der Waals surface area contributed by atoms with Gasteiger partial charge in [0.15, 0.2) is 0 Å². The first-order chi connectivity index (χ1) is 9.44. The topological polar surface area (TPSA) is 98.2 Å². The number of hydrogen-bond donors (Lipinski definition) is 2. The average Bonchev–Trinajstić information content (AvgIpc) is 2.82. The Hall–Kier alpha value is -1.70. The summed E-state index contributed by atoms with van der Waals surface area (Å²) >= 11 is 0. The highest BCUT2D eigenvalue weighted by molar-refractivity contribution is 7.89. The second-order valence-electron chi connectivity index (χ2n) is 4.43. The maximum absolute atomic E-state index is 12.3. The second kappa shape index (κ2) is 5.74. The van der Waals surface area contributed by atoms with Crippen LogP contribution in [0.5, 0.6) is 0 Å². The number of sulfonamides is 1. The number of aryl methyl sites for hydroxylation is 1. The zero-order valence-corrected chi connectivity index (χ0v) is 12.2. The van der Waals surface area contributed by atoms with Gasteiger partial charge in [0.05, 0.1) is 17.6 Å². The second-order valence-corrected chi connectivity index (χ2v) is 6.17. The van der Waals surface area contributed by atoms with Crippen LogP contribution in [0.1, 0.15) is 22.8 Å². The highest BCUT2D eigenvalue weighted by Gasteiger charge is 2.18. The van der Waals surface area contributed by atoms with Crippen LogP contribution in [-0.2, 0) is 23.1 Å². The number of oxazole rings is 1. The first-order valence-electron chi connectivity index (χ1n) is 6.13. The van der Waals surface area contributed by atoms with Gasteiger partial charge in [0.2, 0.25) is 15.9 Å². The summed E-state index contributed by atoms with van der Waals surface area (Å²) in [7, 11) is -3.62. The molecule has 0 aliphatic rings. The zero-order valence-electron chi connectivity index (χ0n) is 11.4. The van der Waals surface area contributed by atoms with Gasteiger partial charge < -0.3 is 10.2 Å². The molecule has 0 saturated carbocycles. The molecule has 2 aromatic rings. The van der Waals surface area contributed by atoms with Gasteiger partial charge in [0, 0.05) is 6.54 Å². The zero-order chi connectivity index (χ0) is 14.8. The maximum atomic E-state index is 12.3. The van der Waals surface area contributed by atoms with Gasteiger partial charge >= 0.3 is 0 Å². The Morgan fingerprint density at radius 2 is 2.10 bits per heavy atom. The summed E-state index contributed by atoms with van der Waals surface area (Å²) in [5.41, 5.74) is 7.05. The first-order valence-corrected chi connectivity index (χ1v) is 7.62. The van der Waals surface area contributed by atoms with Crippen LogP contribution >= 0.6 is 0 Å². The molecule has 7 heteroatoms. The molecule has 3 N–H and O–H groups in total. The van der Waals surface area contributed by atoms with Gasteiger partial charge in [-0.05, 0) is 31.0 Å². The monoisotopic (exact) mass is 295 g/mol. The SMILES string of the molecule is Cc1cnc(CNS(=O)(=O)c2cccc(CN)c2C)o1. The van der Waals surface area contributed by atoms with Crippen LogP contribution in [0.4, 0.5) is 0 Å². The fourth-order valence-electron chi connectivity index (χ4n) is 1.89. The van der Waals surface area contributed by atoms with E-state index in [-0.39, 0.29) is 11.4 Å². The van der Waals surface area contributed by atoms with Gasteiger partial charge in [-0.25, -0.2) is 18.1 Å². The largest absolute Gasteiger partial charge is 0.445 e. The van der Waals surface area contributed by atoms with Crippen molar-refractivity contribution in [3.63, 3.8) is 0 Å². The van der Waals surface area contributed by atoms with Gasteiger partial charge in [-0.1, -0.05) is 12.1 Å². The maximum Gasteiger partial charge on any atom is 0.241 e. The standard InChI is InChI=1S/C13H17N3O3S/c1-9-7-15-13(19-9)8-16-20(17,18)12-5-3-4-11(6-14)10(12)2/h3-5,7,16H,6,8,14H2,1-2H3. The highest BCUT2D eigenvalue weighted by Crippen LogP contribution is 2.18. The lowest BCUT2D eigenvalue weighted by molar-refractivity contribution is 0.463. The van der Waals surface area contributed by atoms with Crippen molar-refractivity contribution in [1.82, 2.24) is 9.71 Å². The van der Waals surface area contributed by atoms with Crippen molar-refractivity contribution >= 4 is 10.0 Å². The minimum Gasteiger partial charge on any atom is -0.445 e. The van der Waals surface area contributed by atoms with E-state index in [1.54, 1.807) is 32.2 Å². The Bertz CT molecular complexity index is 707. The van der Waals surface area contributed by atoms with Crippen LogP contribution in [0.2, 0.25) is 0 Å². The fourth-order valence-corrected chi connectivity index (χ4v) is 3.15. The first kappa shape index (κ1) is 14.7. The summed E-state index contributed by atoms with van der Waals surface area (Å²) in [4.78, 5) is 4.18. The van der Waals surface area contributed by atoms with Gasteiger partial charge in [-0.15, -0.1) is 0 Å². The molecule has 6 nitrogen and oxygen atoms in total. The summed E-state index contributed by atoms with van der Waals surface area (Å²) in [6.45, 7) is 3.81. The quantitative estimate of drug-likeness (QED) is 0.864. The molecular weight excluding hydrogens is 278 g/mol. The number of rotatable bonds is 5. The Morgan fingerprint density at radius 1 is 1.35 bits per heavy atom. The molecule has 2 rings (SSSR count). The Kier molecular flexibility index (Phi) is 4.22. The van der Waals surface area contributed by atoms with E-state index in [1.165, 1.54) is 0 Å². The molecule has 108 valence electrons. The lowest BCUT2D eigenvalue weighted by atomic mass is 10.1. The number of nitrogens with zero attached hydrogens (tertiary/aromatic N) is 1. The van der Waals surface area contributed by atoms with Crippen LogP contribution in [0.25, 0.3) is 0 Å². The third-order valence-corrected chi connectivity index (χ3v) is 4.53. The summed E-state index contributed by atoms with van der Waals surface area (Å²) in [6, 6.07) is 5.04. The number of nitrogens with one attached hydrogen (secondary N) is 1. The highest BCUT2D eigenvalue weighted by atomic mass is 32.2. The lowest BCUT2D eigenvalue weighted by Crippen LogP contribution is -2.24. The summed E-state index contributed by atoms with van der Waals surface area (Å²) in [5.74, 6) is 0.971. The van der Waals surface area contributed by atoms with Gasteiger partial charge in [-0.3, -0.25) is 0 Å². The molecule has 0 bridgehead atoms. The number of nitrogens with two attached hydrogens (primary N) is 1. The van der Waals surface area contributed by atoms with E-state index in [0.29, 0.717) is 23.8 Å².